The Kier molecular flexibility index (Phi) is 6.83. The van der Waals surface area contributed by atoms with Crippen molar-refractivity contribution in [2.45, 2.75) is 0 Å². The molecule has 0 atom stereocenters. The van der Waals surface area contributed by atoms with E-state index in [4.69, 9.17) is 24.5 Å². The number of hydrogen-bond donors (Lipinski definition) is 2. The van der Waals surface area contributed by atoms with Crippen molar-refractivity contribution in [2.75, 3.05) is 0 Å². The zero-order chi connectivity index (χ0) is 8.08. The summed E-state index contributed by atoms with van der Waals surface area (Å²) in [6, 6.07) is 0. The fourth-order valence-electron chi connectivity index (χ4n) is 0. The van der Waals surface area contributed by atoms with Crippen LogP contribution < -0.4 is 0 Å². The van der Waals surface area contributed by atoms with Crippen LogP contribution in [-0.4, -0.2) is 7.52 Å². The van der Waals surface area contributed by atoms with E-state index in [-0.39, 0.29) is 0 Å². The van der Waals surface area contributed by atoms with E-state index in [1.165, 1.54) is 0 Å². The fraction of sp³-hybridized carbons (Fsp3) is 0. The van der Waals surface area contributed by atoms with Gasteiger partial charge in [-0.15, -0.1) is 0 Å². The van der Waals surface area contributed by atoms with Gasteiger partial charge in [-0.3, -0.25) is 0 Å². The Labute approximate surface area is 58.5 Å². The summed E-state index contributed by atoms with van der Waals surface area (Å²) in [5, 5.41) is 0. The van der Waals surface area contributed by atoms with Crippen LogP contribution in [0.15, 0.2) is 0 Å². The van der Waals surface area contributed by atoms with E-state index >= 15 is 0 Å². The van der Waals surface area contributed by atoms with Crippen LogP contribution in [0.4, 0.5) is 0 Å². The maximum atomic E-state index is 8.87. The minimum atomic E-state index is -5.67. The molecular weight excluding hydrogens is 392 g/mol. The van der Waals surface area contributed by atoms with Crippen molar-refractivity contribution in [1.29, 1.82) is 0 Å². The van der Waals surface area contributed by atoms with Crippen LogP contribution in [0.1, 0.15) is 0 Å². The molecule has 56 valence electrons. The minimum absolute atomic E-state index is 4.11. The second kappa shape index (κ2) is 5.11. The van der Waals surface area contributed by atoms with Crippen LogP contribution in [0.5, 0.6) is 0 Å². The molecule has 0 amide bonds. The summed E-state index contributed by atoms with van der Waals surface area (Å²) in [4.78, 5) is 0. The van der Waals surface area contributed by atoms with Crippen molar-refractivity contribution < 1.29 is 58.5 Å². The van der Waals surface area contributed by atoms with Crippen molar-refractivity contribution >= 4 is 0 Å². The van der Waals surface area contributed by atoms with E-state index in [1.54, 1.807) is 0 Å². The molecule has 0 spiro atoms. The van der Waals surface area contributed by atoms with E-state index in [9.17, 15) is 0 Å². The third-order valence-corrected chi connectivity index (χ3v) is 0. The Morgan fingerprint density at radius 1 is 1.00 bits per heavy atom. The van der Waals surface area contributed by atoms with Crippen molar-refractivity contribution in [2.24, 2.45) is 0 Å². The topological polar surface area (TPSA) is 126 Å². The van der Waals surface area contributed by atoms with Gasteiger partial charge >= 0.3 is 58.5 Å². The van der Waals surface area contributed by atoms with Gasteiger partial charge in [-0.25, -0.2) is 0 Å². The summed E-state index contributed by atoms with van der Waals surface area (Å²) in [6.07, 6.45) is 0. The molecule has 0 aromatic rings. The van der Waals surface area contributed by atoms with Crippen LogP contribution in [0.2, 0.25) is 0 Å². The maximum absolute atomic E-state index is 8.87. The van der Waals surface area contributed by atoms with E-state index in [0.29, 0.717) is 0 Å². The first-order chi connectivity index (χ1) is 3.73. The van der Waals surface area contributed by atoms with Gasteiger partial charge in [0.15, 0.2) is 0 Å². The molecule has 2 N–H and O–H groups in total. The van der Waals surface area contributed by atoms with Gasteiger partial charge in [-0.1, -0.05) is 0 Å². The molecule has 0 saturated carbocycles. The van der Waals surface area contributed by atoms with Crippen molar-refractivity contribution in [3.63, 3.8) is 0 Å². The van der Waals surface area contributed by atoms with Gasteiger partial charge < -0.3 is 0 Å². The first-order valence-electron chi connectivity index (χ1n) is 1.20. The number of hydrogen-bond acceptors (Lipinski definition) is 5. The van der Waals surface area contributed by atoms with Crippen LogP contribution in [0.3, 0.4) is 0 Å². The Morgan fingerprint density at radius 2 is 1.00 bits per heavy atom. The molecule has 0 aromatic carbocycles. The van der Waals surface area contributed by atoms with Gasteiger partial charge in [0.25, 0.3) is 0 Å². The van der Waals surface area contributed by atoms with E-state index < -0.39 is 33.9 Å². The van der Waals surface area contributed by atoms with Gasteiger partial charge in [0.2, 0.25) is 0 Å². The van der Waals surface area contributed by atoms with Crippen LogP contribution in [0, 0.1) is 0 Å². The summed E-state index contributed by atoms with van der Waals surface area (Å²) in [7, 11) is 0. The van der Waals surface area contributed by atoms with Gasteiger partial charge in [-0.2, -0.15) is 0 Å². The van der Waals surface area contributed by atoms with Crippen LogP contribution in [0.25, 0.3) is 0 Å². The van der Waals surface area contributed by atoms with E-state index in [0.717, 1.165) is 0 Å². The van der Waals surface area contributed by atoms with Crippen LogP contribution >= 0.6 is 0 Å². The molecule has 0 radical (unpaired) electrons. The second-order valence-electron chi connectivity index (χ2n) is 0.652. The molecule has 0 bridgehead atoms. The van der Waals surface area contributed by atoms with Gasteiger partial charge in [0, 0.05) is 0 Å². The summed E-state index contributed by atoms with van der Waals surface area (Å²) in [6.45, 7) is 0. The third kappa shape index (κ3) is 3740. The van der Waals surface area contributed by atoms with Crippen molar-refractivity contribution in [1.82, 2.24) is 0 Å². The average Bonchev–Trinajstić information content (AvgIpc) is 1.19. The molecule has 9 heavy (non-hydrogen) atoms. The monoisotopic (exact) mass is 396 g/mol. The molecule has 0 heterocycles. The Morgan fingerprint density at radius 3 is 1.00 bits per heavy atom. The Balaban J connectivity index is 0. The summed E-state index contributed by atoms with van der Waals surface area (Å²) < 4.78 is 57.8. The molecular formula is H2MoO7W. The normalized spacial score (nSPS) is 9.11. The van der Waals surface area contributed by atoms with E-state index in [2.05, 4.69) is 0 Å². The Hall–Kier alpha value is 0.297. The first-order valence-corrected chi connectivity index (χ1v) is 8.68. The predicted octanol–water partition coefficient (Wildman–Crippen LogP) is -1.71. The molecule has 0 aromatic heterocycles. The molecule has 0 aliphatic rings. The standard InChI is InChI=1S/Mo.2H2O.5O.W/h;2*1H2;;;;;;/q;;;;;;;;+2/p-2. The van der Waals surface area contributed by atoms with E-state index in [1.807, 2.05) is 0 Å². The summed E-state index contributed by atoms with van der Waals surface area (Å²) in [5.74, 6) is 0. The summed E-state index contributed by atoms with van der Waals surface area (Å²) >= 11 is -9.77. The molecule has 9 heteroatoms. The van der Waals surface area contributed by atoms with Crippen molar-refractivity contribution in [3.8, 4) is 0 Å². The Bertz CT molecular complexity index is 222. The zero-order valence-electron chi connectivity index (χ0n) is 3.75. The fourth-order valence-corrected chi connectivity index (χ4v) is 0. The quantitative estimate of drug-likeness (QED) is 0.469. The van der Waals surface area contributed by atoms with Gasteiger partial charge in [0.1, 0.15) is 0 Å². The number of rotatable bonds is 0. The molecule has 0 saturated heterocycles. The third-order valence-electron chi connectivity index (χ3n) is 0. The molecule has 0 fully saturated rings. The summed E-state index contributed by atoms with van der Waals surface area (Å²) in [5.41, 5.74) is 0. The molecule has 0 aliphatic heterocycles. The van der Waals surface area contributed by atoms with Crippen molar-refractivity contribution in [3.05, 3.63) is 0 Å². The predicted molar refractivity (Wildman–Crippen MR) is 7.87 cm³/mol. The van der Waals surface area contributed by atoms with Gasteiger partial charge in [-0.05, 0) is 0 Å². The average molecular weight is 394 g/mol. The van der Waals surface area contributed by atoms with Gasteiger partial charge in [0.05, 0.1) is 0 Å². The molecule has 0 unspecified atom stereocenters. The zero-order valence-corrected chi connectivity index (χ0v) is 8.69. The SMILES string of the molecule is [O]=[Mo](=[O])=[O].[O]=[W](=[O])([OH])[OH]. The van der Waals surface area contributed by atoms with Crippen LogP contribution in [-0.2, 0) is 50.9 Å². The molecule has 0 rings (SSSR count). The second-order valence-corrected chi connectivity index (χ2v) is 4.87. The first kappa shape index (κ1) is 12.0. The molecule has 7 nitrogen and oxygen atoms in total. The molecule has 0 aliphatic carbocycles.